The molecule has 10 heteroatoms. The summed E-state index contributed by atoms with van der Waals surface area (Å²) in [6.07, 6.45) is -4.64. The summed E-state index contributed by atoms with van der Waals surface area (Å²) >= 11 is 0. The lowest BCUT2D eigenvalue weighted by Crippen LogP contribution is -2.40. The van der Waals surface area contributed by atoms with Crippen molar-refractivity contribution in [3.05, 3.63) is 29.8 Å². The highest BCUT2D eigenvalue weighted by Crippen LogP contribution is 2.30. The van der Waals surface area contributed by atoms with Crippen molar-refractivity contribution in [2.45, 2.75) is 11.1 Å². The second-order valence-corrected chi connectivity index (χ2v) is 6.54. The predicted octanol–water partition coefficient (Wildman–Crippen LogP) is 0.661. The Morgan fingerprint density at radius 2 is 1.96 bits per heavy atom. The summed E-state index contributed by atoms with van der Waals surface area (Å²) in [6, 6.07) is 3.33. The maximum Gasteiger partial charge on any atom is 0.416 e. The maximum atomic E-state index is 12.6. The van der Waals surface area contributed by atoms with Crippen LogP contribution in [-0.4, -0.2) is 53.0 Å². The first kappa shape index (κ1) is 19.4. The zero-order valence-electron chi connectivity index (χ0n) is 12.6. The van der Waals surface area contributed by atoms with Gasteiger partial charge in [-0.25, -0.2) is 13.1 Å². The van der Waals surface area contributed by atoms with E-state index in [1.807, 2.05) is 4.72 Å². The molecule has 1 amide bonds. The quantitative estimate of drug-likeness (QED) is 0.755. The summed E-state index contributed by atoms with van der Waals surface area (Å²) in [6.45, 7) is 0.377. The standard InChI is InChI=1S/C13H18F3N3O3S/c1-17-6-7-19(2)12(20)9-18-23(21,22)11-5-3-4-10(8-11)13(14,15)16/h3-5,8,17-18H,6-7,9H2,1-2H3. The molecule has 0 bridgehead atoms. The van der Waals surface area contributed by atoms with Crippen LogP contribution in [0.1, 0.15) is 5.56 Å². The summed E-state index contributed by atoms with van der Waals surface area (Å²) in [5.41, 5.74) is -1.07. The average Bonchev–Trinajstić information content (AvgIpc) is 2.49. The Bertz CT molecular complexity index is 647. The molecule has 0 radical (unpaired) electrons. The van der Waals surface area contributed by atoms with Gasteiger partial charge in [-0.05, 0) is 25.2 Å². The van der Waals surface area contributed by atoms with Crippen molar-refractivity contribution in [3.8, 4) is 0 Å². The largest absolute Gasteiger partial charge is 0.416 e. The van der Waals surface area contributed by atoms with E-state index in [4.69, 9.17) is 0 Å². The Balaban J connectivity index is 2.79. The van der Waals surface area contributed by atoms with Gasteiger partial charge in [0.15, 0.2) is 0 Å². The number of nitrogens with one attached hydrogen (secondary N) is 2. The highest BCUT2D eigenvalue weighted by Gasteiger charge is 2.31. The van der Waals surface area contributed by atoms with Crippen LogP contribution in [0.15, 0.2) is 29.2 Å². The summed E-state index contributed by atoms with van der Waals surface area (Å²) in [5.74, 6) is -0.490. The van der Waals surface area contributed by atoms with E-state index in [-0.39, 0.29) is 0 Å². The van der Waals surface area contributed by atoms with E-state index in [9.17, 15) is 26.4 Å². The second kappa shape index (κ2) is 7.75. The van der Waals surface area contributed by atoms with Gasteiger partial charge in [-0.2, -0.15) is 13.2 Å². The highest BCUT2D eigenvalue weighted by atomic mass is 32.2. The smallest absolute Gasteiger partial charge is 0.343 e. The van der Waals surface area contributed by atoms with Gasteiger partial charge in [-0.3, -0.25) is 4.79 Å². The summed E-state index contributed by atoms with van der Waals surface area (Å²) in [5, 5.41) is 2.83. The van der Waals surface area contributed by atoms with Crippen LogP contribution in [0.4, 0.5) is 13.2 Å². The van der Waals surface area contributed by atoms with Gasteiger partial charge in [0.25, 0.3) is 0 Å². The summed E-state index contributed by atoms with van der Waals surface area (Å²) < 4.78 is 63.8. The average molecular weight is 353 g/mol. The third-order valence-electron chi connectivity index (χ3n) is 3.01. The van der Waals surface area contributed by atoms with Gasteiger partial charge in [-0.15, -0.1) is 0 Å². The molecule has 23 heavy (non-hydrogen) atoms. The molecular formula is C13H18F3N3O3S. The van der Waals surface area contributed by atoms with E-state index in [0.29, 0.717) is 19.2 Å². The lowest BCUT2D eigenvalue weighted by Gasteiger charge is -2.17. The number of carbonyl (C=O) groups excluding carboxylic acids is 1. The zero-order chi connectivity index (χ0) is 17.7. The highest BCUT2D eigenvalue weighted by molar-refractivity contribution is 7.89. The first-order chi connectivity index (χ1) is 10.6. The number of alkyl halides is 3. The normalized spacial score (nSPS) is 12.2. The SMILES string of the molecule is CNCCN(C)C(=O)CNS(=O)(=O)c1cccc(C(F)(F)F)c1. The van der Waals surface area contributed by atoms with Crippen LogP contribution in [-0.2, 0) is 21.0 Å². The second-order valence-electron chi connectivity index (χ2n) is 4.77. The van der Waals surface area contributed by atoms with Crippen molar-refractivity contribution < 1.29 is 26.4 Å². The fourth-order valence-corrected chi connectivity index (χ4v) is 2.64. The minimum Gasteiger partial charge on any atom is -0.343 e. The topological polar surface area (TPSA) is 78.5 Å². The molecule has 0 saturated heterocycles. The Labute approximate surface area is 132 Å². The van der Waals surface area contributed by atoms with Crippen LogP contribution < -0.4 is 10.0 Å². The Hall–Kier alpha value is -1.65. The van der Waals surface area contributed by atoms with Crippen LogP contribution in [0.2, 0.25) is 0 Å². The third-order valence-corrected chi connectivity index (χ3v) is 4.41. The number of rotatable bonds is 7. The Morgan fingerprint density at radius 3 is 2.52 bits per heavy atom. The van der Waals surface area contributed by atoms with Crippen molar-refractivity contribution in [1.82, 2.24) is 14.9 Å². The minimum atomic E-state index is -4.64. The molecule has 1 aromatic carbocycles. The van der Waals surface area contributed by atoms with E-state index in [1.54, 1.807) is 7.05 Å². The molecule has 2 N–H and O–H groups in total. The van der Waals surface area contributed by atoms with Crippen LogP contribution in [0.5, 0.6) is 0 Å². The number of sulfonamides is 1. The molecule has 0 aliphatic heterocycles. The number of likely N-dealkylation sites (N-methyl/N-ethyl adjacent to an activating group) is 2. The van der Waals surface area contributed by atoms with Crippen LogP contribution in [0.25, 0.3) is 0 Å². The number of halogens is 3. The molecule has 0 aromatic heterocycles. The molecule has 130 valence electrons. The van der Waals surface area contributed by atoms with Crippen molar-refractivity contribution in [1.29, 1.82) is 0 Å². The molecule has 0 spiro atoms. The first-order valence-corrected chi connectivity index (χ1v) is 8.11. The molecule has 1 aromatic rings. The van der Waals surface area contributed by atoms with Crippen LogP contribution in [0, 0.1) is 0 Å². The lowest BCUT2D eigenvalue weighted by molar-refractivity contribution is -0.137. The summed E-state index contributed by atoms with van der Waals surface area (Å²) in [4.78, 5) is 12.5. The number of amides is 1. The molecule has 0 unspecified atom stereocenters. The zero-order valence-corrected chi connectivity index (χ0v) is 13.5. The van der Waals surface area contributed by atoms with Gasteiger partial charge in [0.05, 0.1) is 17.0 Å². The van der Waals surface area contributed by atoms with Crippen molar-refractivity contribution in [2.24, 2.45) is 0 Å². The number of hydrogen-bond acceptors (Lipinski definition) is 4. The number of nitrogens with zero attached hydrogens (tertiary/aromatic N) is 1. The Morgan fingerprint density at radius 1 is 1.30 bits per heavy atom. The van der Waals surface area contributed by atoms with E-state index in [0.717, 1.165) is 18.2 Å². The maximum absolute atomic E-state index is 12.6. The van der Waals surface area contributed by atoms with E-state index < -0.39 is 39.1 Å². The molecule has 0 heterocycles. The number of carbonyl (C=O) groups is 1. The molecule has 6 nitrogen and oxygen atoms in total. The molecule has 0 aliphatic rings. The van der Waals surface area contributed by atoms with E-state index >= 15 is 0 Å². The van der Waals surface area contributed by atoms with Crippen molar-refractivity contribution >= 4 is 15.9 Å². The van der Waals surface area contributed by atoms with Crippen molar-refractivity contribution in [2.75, 3.05) is 33.7 Å². The fourth-order valence-electron chi connectivity index (χ4n) is 1.62. The molecular weight excluding hydrogens is 335 g/mol. The first-order valence-electron chi connectivity index (χ1n) is 6.63. The van der Waals surface area contributed by atoms with Crippen molar-refractivity contribution in [3.63, 3.8) is 0 Å². The monoisotopic (exact) mass is 353 g/mol. The third kappa shape index (κ3) is 5.81. The lowest BCUT2D eigenvalue weighted by atomic mass is 10.2. The van der Waals surface area contributed by atoms with Gasteiger partial charge in [-0.1, -0.05) is 6.07 Å². The van der Waals surface area contributed by atoms with Crippen LogP contribution in [0.3, 0.4) is 0 Å². The molecule has 0 saturated carbocycles. The molecule has 0 fully saturated rings. The van der Waals surface area contributed by atoms with Gasteiger partial charge in [0.2, 0.25) is 15.9 Å². The van der Waals surface area contributed by atoms with E-state index in [2.05, 4.69) is 5.32 Å². The van der Waals surface area contributed by atoms with Gasteiger partial charge in [0, 0.05) is 20.1 Å². The molecule has 0 atom stereocenters. The number of benzene rings is 1. The minimum absolute atomic E-state index is 0.376. The number of hydrogen-bond donors (Lipinski definition) is 2. The Kier molecular flexibility index (Phi) is 6.54. The van der Waals surface area contributed by atoms with Gasteiger partial charge in [0.1, 0.15) is 0 Å². The molecule has 0 aliphatic carbocycles. The predicted molar refractivity (Wildman–Crippen MR) is 78.2 cm³/mol. The van der Waals surface area contributed by atoms with Crippen LogP contribution >= 0.6 is 0 Å². The van der Waals surface area contributed by atoms with Gasteiger partial charge < -0.3 is 10.2 Å². The van der Waals surface area contributed by atoms with Gasteiger partial charge >= 0.3 is 6.18 Å². The molecule has 1 rings (SSSR count). The summed E-state index contributed by atoms with van der Waals surface area (Å²) in [7, 11) is -1.00. The fraction of sp³-hybridized carbons (Fsp3) is 0.462. The van der Waals surface area contributed by atoms with E-state index in [1.165, 1.54) is 11.9 Å².